The first kappa shape index (κ1) is 33.2. The van der Waals surface area contributed by atoms with E-state index in [0.717, 1.165) is 4.90 Å². The fraction of sp³-hybridized carbons (Fsp3) is 0.250. The summed E-state index contributed by atoms with van der Waals surface area (Å²) in [6.45, 7) is 0. The zero-order valence-corrected chi connectivity index (χ0v) is 26.0. The van der Waals surface area contributed by atoms with E-state index in [1.54, 1.807) is 0 Å². The van der Waals surface area contributed by atoms with Gasteiger partial charge < -0.3 is 15.2 Å². The topological polar surface area (TPSA) is 135 Å². The van der Waals surface area contributed by atoms with Crippen molar-refractivity contribution in [2.75, 3.05) is 9.80 Å². The summed E-state index contributed by atoms with van der Waals surface area (Å²) >= 11 is 14.1. The monoisotopic (exact) mass is 720 g/mol. The predicted molar refractivity (Wildman–Crippen MR) is 163 cm³/mol. The molecule has 49 heavy (non-hydrogen) atoms. The molecule has 6 atom stereocenters. The van der Waals surface area contributed by atoms with Gasteiger partial charge in [-0.05, 0) is 54.1 Å². The highest BCUT2D eigenvalue weighted by Crippen LogP contribution is 2.66. The molecule has 1 saturated carbocycles. The van der Waals surface area contributed by atoms with Crippen LogP contribution < -0.4 is 15.3 Å². The molecule has 2 heterocycles. The Morgan fingerprint density at radius 2 is 1.39 bits per heavy atom. The molecule has 0 unspecified atom stereocenters. The minimum Gasteiger partial charge on any atom is -0.508 e. The number of alkyl halides is 2. The number of allylic oxidation sites excluding steroid dienone is 2. The highest BCUT2D eigenvalue weighted by atomic mass is 35.5. The van der Waals surface area contributed by atoms with E-state index in [1.807, 2.05) is 0 Å². The van der Waals surface area contributed by atoms with Gasteiger partial charge in [0.2, 0.25) is 17.6 Å². The molecule has 7 rings (SSSR count). The standard InChI is InChI=1S/C32H20BCl2F5N2O7/c34-31-11-18-16(8-9-17-19(18)28(45)41(27(17)44)14-3-1-2-13(10-14)33(48)49)20(12-4-6-15(43)7-5-12)32(31,35)30(47)42(29(31)46)26-24(39)22(37)21(36)23(38)25(26)40/h1-8,10,17-20,43,48-49H,9,11H2/t17-,18+,19-,20-,31+,32-/m0/s1. The van der Waals surface area contributed by atoms with Crippen molar-refractivity contribution in [3.05, 3.63) is 94.8 Å². The predicted octanol–water partition coefficient (Wildman–Crippen LogP) is 3.54. The lowest BCUT2D eigenvalue weighted by Gasteiger charge is -2.50. The van der Waals surface area contributed by atoms with E-state index < -0.39 is 105 Å². The van der Waals surface area contributed by atoms with Gasteiger partial charge in [0.1, 0.15) is 11.4 Å². The van der Waals surface area contributed by atoms with Crippen LogP contribution in [0, 0.1) is 46.8 Å². The molecule has 3 fully saturated rings. The van der Waals surface area contributed by atoms with E-state index in [1.165, 1.54) is 54.6 Å². The molecule has 17 heteroatoms. The molecule has 252 valence electrons. The van der Waals surface area contributed by atoms with Crippen molar-refractivity contribution in [2.45, 2.75) is 28.5 Å². The largest absolute Gasteiger partial charge is 0.508 e. The minimum atomic E-state index is -2.69. The normalized spacial score (nSPS) is 29.2. The van der Waals surface area contributed by atoms with E-state index in [9.17, 15) is 47.5 Å². The van der Waals surface area contributed by atoms with Gasteiger partial charge in [-0.25, -0.2) is 26.9 Å². The van der Waals surface area contributed by atoms with Crippen LogP contribution in [-0.4, -0.2) is 55.7 Å². The van der Waals surface area contributed by atoms with E-state index in [2.05, 4.69) is 0 Å². The van der Waals surface area contributed by atoms with Crippen LogP contribution >= 0.6 is 23.2 Å². The Kier molecular flexibility index (Phi) is 7.52. The Labute approximate surface area is 283 Å². The Hall–Kier alpha value is -4.31. The second kappa shape index (κ2) is 11.1. The molecule has 0 radical (unpaired) electrons. The number of imide groups is 2. The second-order valence-electron chi connectivity index (χ2n) is 12.3. The van der Waals surface area contributed by atoms with Crippen LogP contribution in [-0.2, 0) is 19.2 Å². The average Bonchev–Trinajstić information content (AvgIpc) is 3.41. The first-order valence-corrected chi connectivity index (χ1v) is 15.4. The summed E-state index contributed by atoms with van der Waals surface area (Å²) in [6.07, 6.45) is 0.768. The highest BCUT2D eigenvalue weighted by Gasteiger charge is 2.77. The van der Waals surface area contributed by atoms with Crippen molar-refractivity contribution in [3.8, 4) is 5.75 Å². The number of phenols is 1. The number of hydrogen-bond donors (Lipinski definition) is 3. The van der Waals surface area contributed by atoms with Crippen molar-refractivity contribution in [3.63, 3.8) is 0 Å². The van der Waals surface area contributed by atoms with Crippen LogP contribution in [0.15, 0.2) is 60.2 Å². The number of benzene rings is 3. The summed E-state index contributed by atoms with van der Waals surface area (Å²) in [4.78, 5) is 51.5. The van der Waals surface area contributed by atoms with E-state index in [0.29, 0.717) is 0 Å². The molecule has 2 aliphatic heterocycles. The van der Waals surface area contributed by atoms with Gasteiger partial charge in [0.25, 0.3) is 11.8 Å². The molecule has 3 aromatic rings. The third kappa shape index (κ3) is 4.31. The maximum Gasteiger partial charge on any atom is 0.488 e. The zero-order valence-electron chi connectivity index (χ0n) is 24.5. The van der Waals surface area contributed by atoms with Crippen LogP contribution in [0.5, 0.6) is 5.75 Å². The number of fused-ring (bicyclic) bond motifs is 4. The van der Waals surface area contributed by atoms with Gasteiger partial charge in [0.15, 0.2) is 33.0 Å². The minimum absolute atomic E-state index is 0.0133. The van der Waals surface area contributed by atoms with E-state index in [-0.39, 0.29) is 39.4 Å². The van der Waals surface area contributed by atoms with Crippen LogP contribution in [0.2, 0.25) is 0 Å². The molecular formula is C32H20BCl2F5N2O7. The third-order valence-corrected chi connectivity index (χ3v) is 11.3. The summed E-state index contributed by atoms with van der Waals surface area (Å²) in [5, 5.41) is 29.3. The van der Waals surface area contributed by atoms with Crippen molar-refractivity contribution in [1.29, 1.82) is 0 Å². The van der Waals surface area contributed by atoms with Crippen LogP contribution in [0.3, 0.4) is 0 Å². The number of carbonyl (C=O) groups is 4. The average molecular weight is 721 g/mol. The summed E-state index contributed by atoms with van der Waals surface area (Å²) in [5.74, 6) is -22.2. The van der Waals surface area contributed by atoms with Crippen LogP contribution in [0.1, 0.15) is 24.3 Å². The number of anilines is 2. The molecule has 3 N–H and O–H groups in total. The summed E-state index contributed by atoms with van der Waals surface area (Å²) in [6, 6.07) is 10.4. The summed E-state index contributed by atoms with van der Waals surface area (Å²) in [7, 11) is -1.92. The number of phenolic OH excluding ortho intramolecular Hbond substituents is 1. The van der Waals surface area contributed by atoms with Crippen molar-refractivity contribution >= 4 is 70.8 Å². The molecule has 4 aliphatic rings. The van der Waals surface area contributed by atoms with Crippen molar-refractivity contribution < 1.29 is 56.3 Å². The molecule has 2 saturated heterocycles. The number of rotatable bonds is 4. The van der Waals surface area contributed by atoms with Gasteiger partial charge in [0, 0.05) is 5.92 Å². The molecule has 3 aromatic carbocycles. The maximum atomic E-state index is 15.1. The van der Waals surface area contributed by atoms with E-state index >= 15 is 8.78 Å². The maximum absolute atomic E-state index is 15.1. The van der Waals surface area contributed by atoms with Gasteiger partial charge in [-0.1, -0.05) is 35.9 Å². The summed E-state index contributed by atoms with van der Waals surface area (Å²) < 4.78 is 72.9. The lowest BCUT2D eigenvalue weighted by atomic mass is 9.56. The SMILES string of the molecule is O=C1[C@H]2[C@H](CC=C3[C@H]2C[C@@]2(Cl)C(=O)N(c4c(F)c(F)c(F)c(F)c4F)C(=O)[C@@]2(Cl)[C@H]3c2ccc(O)cc2)C(=O)N1c1cccc(B(O)O)c1. The van der Waals surface area contributed by atoms with Gasteiger partial charge in [0.05, 0.1) is 17.5 Å². The number of halogens is 7. The highest BCUT2D eigenvalue weighted by molar-refractivity contribution is 6.59. The van der Waals surface area contributed by atoms with E-state index in [4.69, 9.17) is 23.2 Å². The first-order valence-electron chi connectivity index (χ1n) is 14.7. The van der Waals surface area contributed by atoms with Crippen molar-refractivity contribution in [2.24, 2.45) is 17.8 Å². The van der Waals surface area contributed by atoms with Crippen LogP contribution in [0.4, 0.5) is 33.3 Å². The molecule has 0 aromatic heterocycles. The van der Waals surface area contributed by atoms with Crippen molar-refractivity contribution in [1.82, 2.24) is 0 Å². The quantitative estimate of drug-likeness (QED) is 0.0714. The van der Waals surface area contributed by atoms with Gasteiger partial charge in [-0.3, -0.25) is 24.1 Å². The van der Waals surface area contributed by atoms with Gasteiger partial charge in [-0.15, -0.1) is 23.2 Å². The molecule has 9 nitrogen and oxygen atoms in total. The first-order chi connectivity index (χ1) is 23.1. The smallest absolute Gasteiger partial charge is 0.488 e. The number of nitrogens with zero attached hydrogens (tertiary/aromatic N) is 2. The Morgan fingerprint density at radius 1 is 0.776 bits per heavy atom. The molecule has 2 aliphatic carbocycles. The number of hydrogen-bond acceptors (Lipinski definition) is 7. The molecule has 0 bridgehead atoms. The fourth-order valence-electron chi connectivity index (χ4n) is 7.69. The lowest BCUT2D eigenvalue weighted by Crippen LogP contribution is -2.60. The Morgan fingerprint density at radius 3 is 2.00 bits per heavy atom. The lowest BCUT2D eigenvalue weighted by molar-refractivity contribution is -0.125. The zero-order chi connectivity index (χ0) is 35.5. The summed E-state index contributed by atoms with van der Waals surface area (Å²) in [5.41, 5.74) is -1.53. The third-order valence-electron chi connectivity index (χ3n) is 9.87. The number of carbonyl (C=O) groups excluding carboxylic acids is 4. The van der Waals surface area contributed by atoms with Crippen LogP contribution in [0.25, 0.3) is 0 Å². The molecular weight excluding hydrogens is 701 g/mol. The molecule has 4 amide bonds. The Bertz CT molecular complexity index is 2020. The molecule has 0 spiro atoms. The second-order valence-corrected chi connectivity index (χ2v) is 13.5. The fourth-order valence-corrected chi connectivity index (χ4v) is 8.62. The Balaban J connectivity index is 1.40. The van der Waals surface area contributed by atoms with Gasteiger partial charge in [-0.2, -0.15) is 0 Å². The number of amides is 4. The number of aromatic hydroxyl groups is 1. The van der Waals surface area contributed by atoms with Gasteiger partial charge >= 0.3 is 7.12 Å².